The zero-order valence-electron chi connectivity index (χ0n) is 11.0. The third-order valence-corrected chi connectivity index (χ3v) is 4.23. The Balaban J connectivity index is 2.37. The quantitative estimate of drug-likeness (QED) is 0.763. The Morgan fingerprint density at radius 1 is 1.24 bits per heavy atom. The summed E-state index contributed by atoms with van der Waals surface area (Å²) in [6.45, 7) is 2.14. The molecule has 0 aromatic carbocycles. The lowest BCUT2D eigenvalue weighted by Crippen LogP contribution is -2.39. The summed E-state index contributed by atoms with van der Waals surface area (Å²) in [6.07, 6.45) is 10.7. The molecule has 17 heavy (non-hydrogen) atoms. The van der Waals surface area contributed by atoms with Crippen molar-refractivity contribution in [3.8, 4) is 0 Å². The van der Waals surface area contributed by atoms with E-state index in [1.54, 1.807) is 0 Å². The SMILES string of the molecule is CCC(CCBr)NC(=O)C1CCCCCCC1. The minimum absolute atomic E-state index is 0.277. The standard InChI is InChI=1S/C14H26BrNO/c1-2-13(10-11-15)16-14(17)12-8-6-4-3-5-7-9-12/h12-13H,2-11H2,1H3,(H,16,17). The second-order valence-corrected chi connectivity index (χ2v) is 5.93. The monoisotopic (exact) mass is 303 g/mol. The molecule has 0 aromatic heterocycles. The summed E-state index contributed by atoms with van der Waals surface area (Å²) >= 11 is 3.45. The summed E-state index contributed by atoms with van der Waals surface area (Å²) in [7, 11) is 0. The Labute approximate surface area is 114 Å². The molecule has 1 amide bonds. The molecule has 0 saturated heterocycles. The molecule has 3 heteroatoms. The van der Waals surface area contributed by atoms with Gasteiger partial charge in [-0.05, 0) is 25.7 Å². The predicted octanol–water partition coefficient (Wildman–Crippen LogP) is 4.03. The second-order valence-electron chi connectivity index (χ2n) is 5.13. The molecule has 0 bridgehead atoms. The van der Waals surface area contributed by atoms with Crippen molar-refractivity contribution in [1.82, 2.24) is 5.32 Å². The number of hydrogen-bond acceptors (Lipinski definition) is 1. The van der Waals surface area contributed by atoms with Gasteiger partial charge in [-0.2, -0.15) is 0 Å². The number of carbonyl (C=O) groups is 1. The summed E-state index contributed by atoms with van der Waals surface area (Å²) in [5.41, 5.74) is 0. The van der Waals surface area contributed by atoms with Crippen molar-refractivity contribution in [2.45, 2.75) is 70.8 Å². The fourth-order valence-corrected chi connectivity index (χ4v) is 3.10. The topological polar surface area (TPSA) is 29.1 Å². The summed E-state index contributed by atoms with van der Waals surface area (Å²) in [6, 6.07) is 0.354. The molecule has 0 heterocycles. The molecule has 0 spiro atoms. The summed E-state index contributed by atoms with van der Waals surface area (Å²) < 4.78 is 0. The molecule has 1 saturated carbocycles. The third-order valence-electron chi connectivity index (χ3n) is 3.77. The molecule has 1 aliphatic rings. The Bertz CT molecular complexity index is 212. The van der Waals surface area contributed by atoms with Crippen molar-refractivity contribution < 1.29 is 4.79 Å². The van der Waals surface area contributed by atoms with Crippen molar-refractivity contribution in [2.75, 3.05) is 5.33 Å². The van der Waals surface area contributed by atoms with E-state index in [1.807, 2.05) is 0 Å². The average molecular weight is 304 g/mol. The van der Waals surface area contributed by atoms with Crippen LogP contribution in [-0.4, -0.2) is 17.3 Å². The van der Waals surface area contributed by atoms with Crippen LogP contribution in [0.2, 0.25) is 0 Å². The number of nitrogens with one attached hydrogen (secondary N) is 1. The summed E-state index contributed by atoms with van der Waals surface area (Å²) in [5, 5.41) is 4.19. The lowest BCUT2D eigenvalue weighted by atomic mass is 9.90. The van der Waals surface area contributed by atoms with E-state index in [4.69, 9.17) is 0 Å². The molecule has 1 aliphatic carbocycles. The maximum absolute atomic E-state index is 12.2. The molecule has 1 atom stereocenters. The van der Waals surface area contributed by atoms with Crippen molar-refractivity contribution in [1.29, 1.82) is 0 Å². The van der Waals surface area contributed by atoms with Crippen molar-refractivity contribution >= 4 is 21.8 Å². The highest BCUT2D eigenvalue weighted by Crippen LogP contribution is 2.22. The van der Waals surface area contributed by atoms with E-state index in [0.717, 1.165) is 31.0 Å². The predicted molar refractivity (Wildman–Crippen MR) is 76.4 cm³/mol. The van der Waals surface area contributed by atoms with Crippen LogP contribution >= 0.6 is 15.9 Å². The molecule has 1 rings (SSSR count). The first-order chi connectivity index (χ1) is 8.27. The van der Waals surface area contributed by atoms with Gasteiger partial charge in [0, 0.05) is 17.3 Å². The van der Waals surface area contributed by atoms with E-state index >= 15 is 0 Å². The molecule has 1 N–H and O–H groups in total. The van der Waals surface area contributed by atoms with Gasteiger partial charge in [0.1, 0.15) is 0 Å². The first-order valence-corrected chi connectivity index (χ1v) is 8.26. The first-order valence-electron chi connectivity index (χ1n) is 7.14. The van der Waals surface area contributed by atoms with Crippen LogP contribution in [0, 0.1) is 5.92 Å². The van der Waals surface area contributed by atoms with E-state index in [9.17, 15) is 4.79 Å². The maximum atomic E-state index is 12.2. The number of amides is 1. The normalized spacial score (nSPS) is 20.4. The van der Waals surface area contributed by atoms with Crippen LogP contribution in [0.3, 0.4) is 0 Å². The Morgan fingerprint density at radius 2 is 1.82 bits per heavy atom. The zero-order valence-corrected chi connectivity index (χ0v) is 12.6. The van der Waals surface area contributed by atoms with Gasteiger partial charge in [0.15, 0.2) is 0 Å². The molecule has 1 fully saturated rings. The second kappa shape index (κ2) is 8.96. The summed E-state index contributed by atoms with van der Waals surface area (Å²) in [5.74, 6) is 0.583. The number of halogens is 1. The van der Waals surface area contributed by atoms with E-state index in [-0.39, 0.29) is 5.92 Å². The molecular weight excluding hydrogens is 278 g/mol. The van der Waals surface area contributed by atoms with Gasteiger partial charge in [-0.3, -0.25) is 4.79 Å². The van der Waals surface area contributed by atoms with E-state index in [2.05, 4.69) is 28.2 Å². The van der Waals surface area contributed by atoms with Gasteiger partial charge in [0.05, 0.1) is 0 Å². The van der Waals surface area contributed by atoms with Crippen LogP contribution < -0.4 is 5.32 Å². The highest BCUT2D eigenvalue weighted by molar-refractivity contribution is 9.09. The number of hydrogen-bond donors (Lipinski definition) is 1. The first kappa shape index (κ1) is 15.0. The molecule has 0 aromatic rings. The van der Waals surface area contributed by atoms with E-state index in [0.29, 0.717) is 11.9 Å². The van der Waals surface area contributed by atoms with E-state index < -0.39 is 0 Å². The summed E-state index contributed by atoms with van der Waals surface area (Å²) in [4.78, 5) is 12.2. The fourth-order valence-electron chi connectivity index (χ4n) is 2.55. The van der Waals surface area contributed by atoms with Crippen LogP contribution in [0.5, 0.6) is 0 Å². The van der Waals surface area contributed by atoms with Gasteiger partial charge < -0.3 is 5.32 Å². The Kier molecular flexibility index (Phi) is 7.91. The van der Waals surface area contributed by atoms with Gasteiger partial charge in [-0.15, -0.1) is 0 Å². The lowest BCUT2D eigenvalue weighted by Gasteiger charge is -2.22. The highest BCUT2D eigenvalue weighted by Gasteiger charge is 2.21. The van der Waals surface area contributed by atoms with Crippen LogP contribution in [0.1, 0.15) is 64.7 Å². The van der Waals surface area contributed by atoms with Crippen molar-refractivity contribution in [3.63, 3.8) is 0 Å². The zero-order chi connectivity index (χ0) is 12.5. The van der Waals surface area contributed by atoms with Gasteiger partial charge in [-0.25, -0.2) is 0 Å². The molecular formula is C14H26BrNO. The number of carbonyl (C=O) groups excluding carboxylic acids is 1. The van der Waals surface area contributed by atoms with Crippen LogP contribution in [0.25, 0.3) is 0 Å². The highest BCUT2D eigenvalue weighted by atomic mass is 79.9. The van der Waals surface area contributed by atoms with Crippen molar-refractivity contribution in [3.05, 3.63) is 0 Å². The van der Waals surface area contributed by atoms with Gasteiger partial charge in [0.25, 0.3) is 0 Å². The van der Waals surface area contributed by atoms with Crippen LogP contribution in [0.15, 0.2) is 0 Å². The number of alkyl halides is 1. The minimum Gasteiger partial charge on any atom is -0.353 e. The molecule has 0 radical (unpaired) electrons. The minimum atomic E-state index is 0.277. The molecule has 100 valence electrons. The van der Waals surface area contributed by atoms with Crippen molar-refractivity contribution in [2.24, 2.45) is 5.92 Å². The van der Waals surface area contributed by atoms with Gasteiger partial charge >= 0.3 is 0 Å². The average Bonchev–Trinajstić information content (AvgIpc) is 2.27. The maximum Gasteiger partial charge on any atom is 0.223 e. The largest absolute Gasteiger partial charge is 0.353 e. The Morgan fingerprint density at radius 3 is 2.35 bits per heavy atom. The lowest BCUT2D eigenvalue weighted by molar-refractivity contribution is -0.126. The van der Waals surface area contributed by atoms with Crippen LogP contribution in [-0.2, 0) is 4.79 Å². The van der Waals surface area contributed by atoms with Gasteiger partial charge in [-0.1, -0.05) is 55.0 Å². The molecule has 0 aliphatic heterocycles. The number of rotatable bonds is 5. The third kappa shape index (κ3) is 5.89. The smallest absolute Gasteiger partial charge is 0.223 e. The fraction of sp³-hybridized carbons (Fsp3) is 0.929. The van der Waals surface area contributed by atoms with E-state index in [1.165, 1.54) is 32.1 Å². The molecule has 2 nitrogen and oxygen atoms in total. The van der Waals surface area contributed by atoms with Gasteiger partial charge in [0.2, 0.25) is 5.91 Å². The molecule has 1 unspecified atom stereocenters. The van der Waals surface area contributed by atoms with Crippen LogP contribution in [0.4, 0.5) is 0 Å². The Hall–Kier alpha value is -0.0500.